The Labute approximate surface area is 133 Å². The summed E-state index contributed by atoms with van der Waals surface area (Å²) in [6.07, 6.45) is 0.141. The summed E-state index contributed by atoms with van der Waals surface area (Å²) in [6.45, 7) is 2.12. The van der Waals surface area contributed by atoms with Crippen LogP contribution in [-0.4, -0.2) is 53.8 Å². The third kappa shape index (κ3) is 3.69. The molecule has 0 aromatic carbocycles. The maximum absolute atomic E-state index is 13.6. The fourth-order valence-electron chi connectivity index (χ4n) is 2.88. The van der Waals surface area contributed by atoms with Crippen molar-refractivity contribution in [3.05, 3.63) is 11.8 Å². The molecule has 1 saturated heterocycles. The molecule has 130 valence electrons. The first kappa shape index (κ1) is 16.7. The Kier molecular flexibility index (Phi) is 4.41. The van der Waals surface area contributed by atoms with Crippen molar-refractivity contribution in [2.24, 2.45) is 5.92 Å². The molecule has 0 spiro atoms. The molecular weight excluding hydrogens is 332 g/mol. The van der Waals surface area contributed by atoms with Gasteiger partial charge in [-0.25, -0.2) is 17.2 Å². The Morgan fingerprint density at radius 1 is 1.39 bits per heavy atom. The van der Waals surface area contributed by atoms with Crippen LogP contribution >= 0.6 is 0 Å². The second-order valence-electron chi connectivity index (χ2n) is 6.09. The second kappa shape index (κ2) is 6.06. The van der Waals surface area contributed by atoms with Crippen LogP contribution in [0.5, 0.6) is 0 Å². The average molecular weight is 351 g/mol. The number of aromatic nitrogens is 2. The molecule has 7 nitrogen and oxygen atoms in total. The van der Waals surface area contributed by atoms with E-state index in [1.54, 1.807) is 6.92 Å². The Balaban J connectivity index is 1.46. The first-order valence-electron chi connectivity index (χ1n) is 7.52. The fourth-order valence-corrected chi connectivity index (χ4v) is 4.80. The molecule has 1 unspecified atom stereocenters. The van der Waals surface area contributed by atoms with Gasteiger partial charge in [-0.1, -0.05) is 0 Å². The van der Waals surface area contributed by atoms with Gasteiger partial charge in [0, 0.05) is 32.4 Å². The highest BCUT2D eigenvalue weighted by Crippen LogP contribution is 2.41. The molecule has 2 fully saturated rings. The van der Waals surface area contributed by atoms with E-state index in [2.05, 4.69) is 10.2 Å². The van der Waals surface area contributed by atoms with Crippen molar-refractivity contribution >= 4 is 10.0 Å². The van der Waals surface area contributed by atoms with Crippen LogP contribution in [0.2, 0.25) is 0 Å². The minimum atomic E-state index is -3.67. The van der Waals surface area contributed by atoms with Gasteiger partial charge in [0.1, 0.15) is 6.61 Å². The summed E-state index contributed by atoms with van der Waals surface area (Å²) in [5, 5.41) is 7.43. The molecule has 3 rings (SSSR count). The van der Waals surface area contributed by atoms with Crippen LogP contribution in [0.1, 0.15) is 31.0 Å². The lowest BCUT2D eigenvalue weighted by molar-refractivity contribution is -0.0403. The van der Waals surface area contributed by atoms with E-state index in [0.29, 0.717) is 18.2 Å². The quantitative estimate of drug-likeness (QED) is 0.769. The number of hydrogen-bond donors (Lipinski definition) is 0. The molecule has 23 heavy (non-hydrogen) atoms. The van der Waals surface area contributed by atoms with E-state index < -0.39 is 27.6 Å². The molecule has 0 amide bonds. The van der Waals surface area contributed by atoms with E-state index in [1.807, 2.05) is 0 Å². The summed E-state index contributed by atoms with van der Waals surface area (Å²) in [5.41, 5.74) is 0. The molecule has 1 aliphatic heterocycles. The lowest BCUT2D eigenvalue weighted by atomic mass is 10.1. The highest BCUT2D eigenvalue weighted by Gasteiger charge is 2.48. The molecule has 2 aliphatic rings. The summed E-state index contributed by atoms with van der Waals surface area (Å²) < 4.78 is 63.3. The second-order valence-corrected chi connectivity index (χ2v) is 8.11. The van der Waals surface area contributed by atoms with Crippen LogP contribution in [0.3, 0.4) is 0 Å². The molecule has 0 N–H and O–H groups in total. The van der Waals surface area contributed by atoms with Crippen molar-refractivity contribution in [2.75, 3.05) is 18.8 Å². The number of alkyl halides is 2. The SMILES string of the molecule is Cc1nnc(COC2CN(S(=O)(=O)CC3CCCC3(F)F)C2)o1. The van der Waals surface area contributed by atoms with Gasteiger partial charge < -0.3 is 9.15 Å². The van der Waals surface area contributed by atoms with Gasteiger partial charge in [0.05, 0.1) is 11.9 Å². The fraction of sp³-hybridized carbons (Fsp3) is 0.846. The van der Waals surface area contributed by atoms with E-state index in [9.17, 15) is 17.2 Å². The smallest absolute Gasteiger partial charge is 0.251 e. The minimum Gasteiger partial charge on any atom is -0.423 e. The maximum atomic E-state index is 13.6. The molecule has 1 aliphatic carbocycles. The first-order valence-corrected chi connectivity index (χ1v) is 9.13. The summed E-state index contributed by atoms with van der Waals surface area (Å²) in [6, 6.07) is 0. The molecule has 1 aromatic rings. The third-order valence-electron chi connectivity index (χ3n) is 4.29. The topological polar surface area (TPSA) is 85.5 Å². The number of aryl methyl sites for hydroxylation is 1. The monoisotopic (exact) mass is 351 g/mol. The zero-order valence-electron chi connectivity index (χ0n) is 12.7. The van der Waals surface area contributed by atoms with E-state index in [4.69, 9.17) is 9.15 Å². The van der Waals surface area contributed by atoms with Gasteiger partial charge in [0.25, 0.3) is 5.92 Å². The number of rotatable bonds is 6. The summed E-state index contributed by atoms with van der Waals surface area (Å²) >= 11 is 0. The first-order chi connectivity index (χ1) is 10.8. The highest BCUT2D eigenvalue weighted by atomic mass is 32.2. The number of halogens is 2. The predicted octanol–water partition coefficient (Wildman–Crippen LogP) is 1.34. The van der Waals surface area contributed by atoms with Gasteiger partial charge in [-0.2, -0.15) is 4.31 Å². The number of ether oxygens (including phenoxy) is 1. The third-order valence-corrected chi connectivity index (χ3v) is 6.20. The van der Waals surface area contributed by atoms with E-state index >= 15 is 0 Å². The molecule has 1 atom stereocenters. The lowest BCUT2D eigenvalue weighted by Gasteiger charge is -2.38. The number of nitrogens with zero attached hydrogens (tertiary/aromatic N) is 3. The Hall–Kier alpha value is -1.13. The highest BCUT2D eigenvalue weighted by molar-refractivity contribution is 7.89. The Morgan fingerprint density at radius 3 is 2.70 bits per heavy atom. The minimum absolute atomic E-state index is 0.111. The molecular formula is C13H19F2N3O4S. The van der Waals surface area contributed by atoms with E-state index in [0.717, 1.165) is 0 Å². The van der Waals surface area contributed by atoms with Crippen LogP contribution in [0, 0.1) is 12.8 Å². The van der Waals surface area contributed by atoms with Crippen LogP contribution in [0.15, 0.2) is 4.42 Å². The zero-order valence-corrected chi connectivity index (χ0v) is 13.6. The number of hydrogen-bond acceptors (Lipinski definition) is 6. The van der Waals surface area contributed by atoms with Gasteiger partial charge >= 0.3 is 0 Å². The van der Waals surface area contributed by atoms with Crippen molar-refractivity contribution in [1.82, 2.24) is 14.5 Å². The van der Waals surface area contributed by atoms with Crippen LogP contribution < -0.4 is 0 Å². The normalized spacial score (nSPS) is 25.6. The molecule has 2 heterocycles. The van der Waals surface area contributed by atoms with Crippen molar-refractivity contribution in [1.29, 1.82) is 0 Å². The van der Waals surface area contributed by atoms with Gasteiger partial charge in [-0.05, 0) is 12.8 Å². The van der Waals surface area contributed by atoms with Crippen molar-refractivity contribution in [2.45, 2.75) is 44.8 Å². The van der Waals surface area contributed by atoms with Gasteiger partial charge in [-0.3, -0.25) is 0 Å². The van der Waals surface area contributed by atoms with Crippen molar-refractivity contribution in [3.8, 4) is 0 Å². The summed E-state index contributed by atoms with van der Waals surface area (Å²) in [5.74, 6) is -3.68. The molecule has 1 saturated carbocycles. The molecule has 1 aromatic heterocycles. The van der Waals surface area contributed by atoms with Crippen LogP contribution in [0.25, 0.3) is 0 Å². The molecule has 10 heteroatoms. The van der Waals surface area contributed by atoms with E-state index in [-0.39, 0.29) is 38.6 Å². The van der Waals surface area contributed by atoms with E-state index in [1.165, 1.54) is 4.31 Å². The Morgan fingerprint density at radius 2 is 2.13 bits per heavy atom. The predicted molar refractivity (Wildman–Crippen MR) is 75.3 cm³/mol. The maximum Gasteiger partial charge on any atom is 0.251 e. The van der Waals surface area contributed by atoms with Crippen LogP contribution in [-0.2, 0) is 21.4 Å². The standard InChI is InChI=1S/C13H19F2N3O4S/c1-9-16-17-12(22-9)7-21-11-5-18(6-11)23(19,20)8-10-3-2-4-13(10,14)15/h10-11H,2-8H2,1H3. The van der Waals surface area contributed by atoms with Crippen molar-refractivity contribution in [3.63, 3.8) is 0 Å². The number of sulfonamides is 1. The van der Waals surface area contributed by atoms with Gasteiger partial charge in [0.15, 0.2) is 0 Å². The zero-order chi connectivity index (χ0) is 16.7. The summed E-state index contributed by atoms with van der Waals surface area (Å²) in [4.78, 5) is 0. The molecule has 0 bridgehead atoms. The van der Waals surface area contributed by atoms with Gasteiger partial charge in [-0.15, -0.1) is 10.2 Å². The van der Waals surface area contributed by atoms with Gasteiger partial charge in [0.2, 0.25) is 21.8 Å². The average Bonchev–Trinajstić information content (AvgIpc) is 2.94. The lowest BCUT2D eigenvalue weighted by Crippen LogP contribution is -2.56. The molecule has 0 radical (unpaired) electrons. The van der Waals surface area contributed by atoms with Crippen LogP contribution in [0.4, 0.5) is 8.78 Å². The summed E-state index contributed by atoms with van der Waals surface area (Å²) in [7, 11) is -3.67. The largest absolute Gasteiger partial charge is 0.423 e. The van der Waals surface area contributed by atoms with Crippen molar-refractivity contribution < 1.29 is 26.4 Å². The Bertz CT molecular complexity index is 658.